The highest BCUT2D eigenvalue weighted by Crippen LogP contribution is 2.28. The first kappa shape index (κ1) is 12.4. The van der Waals surface area contributed by atoms with Crippen molar-refractivity contribution >= 4 is 43.2 Å². The quantitative estimate of drug-likeness (QED) is 0.747. The predicted molar refractivity (Wildman–Crippen MR) is 82.8 cm³/mol. The normalized spacial score (nSPS) is 10.8. The average Bonchev–Trinajstić information content (AvgIpc) is 2.88. The van der Waals surface area contributed by atoms with Crippen molar-refractivity contribution in [1.29, 1.82) is 0 Å². The lowest BCUT2D eigenvalue weighted by atomic mass is 10.2. The molecule has 3 aromatic rings. The number of benzene rings is 2. The highest BCUT2D eigenvalue weighted by atomic mass is 79.9. The summed E-state index contributed by atoms with van der Waals surface area (Å²) in [5, 5.41) is 13.2. The van der Waals surface area contributed by atoms with E-state index in [9.17, 15) is 5.11 Å². The van der Waals surface area contributed by atoms with Crippen molar-refractivity contribution in [3.8, 4) is 5.75 Å². The highest BCUT2D eigenvalue weighted by Gasteiger charge is 2.05. The average molecular weight is 335 g/mol. The van der Waals surface area contributed by atoms with E-state index in [2.05, 4.69) is 32.3 Å². The maximum absolute atomic E-state index is 9.92. The van der Waals surface area contributed by atoms with Crippen molar-refractivity contribution in [1.82, 2.24) is 4.98 Å². The van der Waals surface area contributed by atoms with Gasteiger partial charge < -0.3 is 10.4 Å². The Labute approximate surface area is 123 Å². The van der Waals surface area contributed by atoms with Gasteiger partial charge in [-0.3, -0.25) is 0 Å². The first-order valence-corrected chi connectivity index (χ1v) is 7.45. The minimum absolute atomic E-state index is 0.286. The van der Waals surface area contributed by atoms with Gasteiger partial charge in [-0.15, -0.1) is 11.3 Å². The number of halogens is 1. The zero-order valence-electron chi connectivity index (χ0n) is 9.93. The molecule has 0 aliphatic heterocycles. The van der Waals surface area contributed by atoms with Crippen molar-refractivity contribution < 1.29 is 5.11 Å². The van der Waals surface area contributed by atoms with Crippen LogP contribution in [-0.2, 0) is 6.54 Å². The molecule has 96 valence electrons. The number of anilines is 1. The van der Waals surface area contributed by atoms with Crippen molar-refractivity contribution in [2.45, 2.75) is 6.54 Å². The number of nitrogens with one attached hydrogen (secondary N) is 1. The SMILES string of the molecule is Oc1c(Br)cccc1CNc1ccc2ncsc2c1. The van der Waals surface area contributed by atoms with E-state index < -0.39 is 0 Å². The van der Waals surface area contributed by atoms with Gasteiger partial charge in [-0.05, 0) is 40.2 Å². The van der Waals surface area contributed by atoms with E-state index in [1.807, 2.05) is 35.8 Å². The van der Waals surface area contributed by atoms with Crippen LogP contribution in [0.25, 0.3) is 10.2 Å². The molecule has 0 saturated carbocycles. The first-order valence-electron chi connectivity index (χ1n) is 5.77. The molecule has 0 fully saturated rings. The summed E-state index contributed by atoms with van der Waals surface area (Å²) in [5.41, 5.74) is 4.74. The Bertz CT molecular complexity index is 726. The van der Waals surface area contributed by atoms with Crippen LogP contribution in [-0.4, -0.2) is 10.1 Å². The Balaban J connectivity index is 1.80. The Morgan fingerprint density at radius 2 is 2.16 bits per heavy atom. The van der Waals surface area contributed by atoms with Gasteiger partial charge in [0.2, 0.25) is 0 Å². The van der Waals surface area contributed by atoms with Crippen LogP contribution in [0.1, 0.15) is 5.56 Å². The molecule has 0 bridgehead atoms. The summed E-state index contributed by atoms with van der Waals surface area (Å²) in [4.78, 5) is 4.25. The second-order valence-corrected chi connectivity index (χ2v) is 5.88. The topological polar surface area (TPSA) is 45.1 Å². The fourth-order valence-electron chi connectivity index (χ4n) is 1.86. The van der Waals surface area contributed by atoms with Crippen LogP contribution in [0.15, 0.2) is 46.4 Å². The number of hydrogen-bond donors (Lipinski definition) is 2. The maximum Gasteiger partial charge on any atom is 0.134 e. The molecule has 1 heterocycles. The van der Waals surface area contributed by atoms with Crippen LogP contribution >= 0.6 is 27.3 Å². The number of phenols is 1. The van der Waals surface area contributed by atoms with Crippen LogP contribution in [0.5, 0.6) is 5.75 Å². The molecule has 3 nitrogen and oxygen atoms in total. The van der Waals surface area contributed by atoms with Gasteiger partial charge in [0.25, 0.3) is 0 Å². The Morgan fingerprint density at radius 3 is 3.05 bits per heavy atom. The number of phenolic OH excluding ortho intramolecular Hbond substituents is 1. The number of aromatic nitrogens is 1. The van der Waals surface area contributed by atoms with Gasteiger partial charge in [-0.2, -0.15) is 0 Å². The molecule has 0 saturated heterocycles. The number of rotatable bonds is 3. The lowest BCUT2D eigenvalue weighted by Gasteiger charge is -2.09. The highest BCUT2D eigenvalue weighted by molar-refractivity contribution is 9.10. The second-order valence-electron chi connectivity index (χ2n) is 4.14. The smallest absolute Gasteiger partial charge is 0.134 e. The summed E-state index contributed by atoms with van der Waals surface area (Å²) in [6, 6.07) is 11.7. The van der Waals surface area contributed by atoms with Gasteiger partial charge in [0.1, 0.15) is 5.75 Å². The minimum atomic E-state index is 0.286. The fraction of sp³-hybridized carbons (Fsp3) is 0.0714. The lowest BCUT2D eigenvalue weighted by molar-refractivity contribution is 0.465. The van der Waals surface area contributed by atoms with E-state index in [4.69, 9.17) is 0 Å². The number of thiazole rings is 1. The molecule has 3 rings (SSSR count). The zero-order chi connectivity index (χ0) is 13.2. The van der Waals surface area contributed by atoms with Gasteiger partial charge in [-0.25, -0.2) is 4.98 Å². The molecule has 0 unspecified atom stereocenters. The number of aromatic hydroxyl groups is 1. The van der Waals surface area contributed by atoms with Crippen molar-refractivity contribution in [3.63, 3.8) is 0 Å². The van der Waals surface area contributed by atoms with Gasteiger partial charge in [0.15, 0.2) is 0 Å². The van der Waals surface area contributed by atoms with E-state index in [0.717, 1.165) is 21.5 Å². The molecular formula is C14H11BrN2OS. The monoisotopic (exact) mass is 334 g/mol. The van der Waals surface area contributed by atoms with E-state index >= 15 is 0 Å². The number of nitrogens with zero attached hydrogens (tertiary/aromatic N) is 1. The molecular weight excluding hydrogens is 324 g/mol. The van der Waals surface area contributed by atoms with Gasteiger partial charge in [-0.1, -0.05) is 12.1 Å². The molecule has 0 aliphatic carbocycles. The van der Waals surface area contributed by atoms with Crippen molar-refractivity contribution in [3.05, 3.63) is 51.9 Å². The molecule has 0 amide bonds. The summed E-state index contributed by atoms with van der Waals surface area (Å²) in [7, 11) is 0. The fourth-order valence-corrected chi connectivity index (χ4v) is 2.99. The molecule has 0 atom stereocenters. The molecule has 5 heteroatoms. The third kappa shape index (κ3) is 2.57. The molecule has 0 aliphatic rings. The number of para-hydroxylation sites is 1. The van der Waals surface area contributed by atoms with Gasteiger partial charge in [0.05, 0.1) is 20.2 Å². The largest absolute Gasteiger partial charge is 0.506 e. The standard InChI is InChI=1S/C14H11BrN2OS/c15-11-3-1-2-9(14(11)18)7-16-10-4-5-12-13(6-10)19-8-17-12/h1-6,8,16,18H,7H2. The van der Waals surface area contributed by atoms with E-state index in [1.165, 1.54) is 0 Å². The summed E-state index contributed by atoms with van der Waals surface area (Å²) in [6.45, 7) is 0.579. The summed E-state index contributed by atoms with van der Waals surface area (Å²) < 4.78 is 1.87. The van der Waals surface area contributed by atoms with Gasteiger partial charge in [0, 0.05) is 17.8 Å². The maximum atomic E-state index is 9.92. The van der Waals surface area contributed by atoms with Crippen molar-refractivity contribution in [2.24, 2.45) is 0 Å². The Hall–Kier alpha value is -1.59. The van der Waals surface area contributed by atoms with Crippen LogP contribution in [0.3, 0.4) is 0 Å². The van der Waals surface area contributed by atoms with Crippen LogP contribution in [0.4, 0.5) is 5.69 Å². The Kier molecular flexibility index (Phi) is 3.40. The first-order chi connectivity index (χ1) is 9.24. The second kappa shape index (κ2) is 5.19. The Morgan fingerprint density at radius 1 is 1.26 bits per heavy atom. The molecule has 1 aromatic heterocycles. The van der Waals surface area contributed by atoms with E-state index in [1.54, 1.807) is 11.3 Å². The molecule has 2 N–H and O–H groups in total. The lowest BCUT2D eigenvalue weighted by Crippen LogP contribution is -1.99. The zero-order valence-corrected chi connectivity index (χ0v) is 12.3. The summed E-state index contributed by atoms with van der Waals surface area (Å²) in [5.74, 6) is 0.286. The number of fused-ring (bicyclic) bond motifs is 1. The molecule has 0 radical (unpaired) electrons. The van der Waals surface area contributed by atoms with E-state index in [-0.39, 0.29) is 5.75 Å². The third-order valence-corrected chi connectivity index (χ3v) is 4.32. The summed E-state index contributed by atoms with van der Waals surface area (Å²) in [6.07, 6.45) is 0. The summed E-state index contributed by atoms with van der Waals surface area (Å²) >= 11 is 4.94. The molecule has 19 heavy (non-hydrogen) atoms. The minimum Gasteiger partial charge on any atom is -0.506 e. The molecule has 0 spiro atoms. The number of hydrogen-bond acceptors (Lipinski definition) is 4. The van der Waals surface area contributed by atoms with Crippen LogP contribution in [0, 0.1) is 0 Å². The predicted octanol–water partition coefficient (Wildman–Crippen LogP) is 4.38. The van der Waals surface area contributed by atoms with Crippen LogP contribution in [0.2, 0.25) is 0 Å². The van der Waals surface area contributed by atoms with Gasteiger partial charge >= 0.3 is 0 Å². The van der Waals surface area contributed by atoms with Crippen LogP contribution < -0.4 is 5.32 Å². The molecule has 2 aromatic carbocycles. The van der Waals surface area contributed by atoms with E-state index in [0.29, 0.717) is 11.0 Å². The van der Waals surface area contributed by atoms with Crippen molar-refractivity contribution in [2.75, 3.05) is 5.32 Å². The third-order valence-electron chi connectivity index (χ3n) is 2.88.